The third-order valence-corrected chi connectivity index (χ3v) is 3.50. The second-order valence-electron chi connectivity index (χ2n) is 4.34. The highest BCUT2D eigenvalue weighted by atomic mass is 79.9. The first kappa shape index (κ1) is 13.6. The van der Waals surface area contributed by atoms with Crippen LogP contribution in [0.25, 0.3) is 5.70 Å². The van der Waals surface area contributed by atoms with Gasteiger partial charge in [-0.2, -0.15) is 0 Å². The molecule has 2 amide bonds. The van der Waals surface area contributed by atoms with Gasteiger partial charge in [0, 0.05) is 22.1 Å². The molecule has 0 aliphatic carbocycles. The van der Waals surface area contributed by atoms with Gasteiger partial charge in [-0.1, -0.05) is 15.9 Å². The lowest BCUT2D eigenvalue weighted by Crippen LogP contribution is -2.41. The number of pyridine rings is 1. The number of aromatic nitrogens is 1. The van der Waals surface area contributed by atoms with Gasteiger partial charge in [0.15, 0.2) is 0 Å². The summed E-state index contributed by atoms with van der Waals surface area (Å²) in [5, 5.41) is 1.84. The van der Waals surface area contributed by atoms with E-state index in [0.717, 1.165) is 9.48 Å². The molecule has 1 aromatic carbocycles. The number of nitrogens with zero attached hydrogens (tertiary/aromatic N) is 3. The number of benzene rings is 1. The lowest BCUT2D eigenvalue weighted by atomic mass is 10.2. The highest BCUT2D eigenvalue weighted by Crippen LogP contribution is 2.11. The number of nitrogens with two attached hydrogens (primary N) is 1. The zero-order chi connectivity index (χ0) is 15.0. The zero-order valence-corrected chi connectivity index (χ0v) is 12.2. The molecule has 0 spiro atoms. The van der Waals surface area contributed by atoms with Crippen molar-refractivity contribution < 1.29 is 9.59 Å². The molecule has 0 fully saturated rings. The van der Waals surface area contributed by atoms with Gasteiger partial charge in [0.1, 0.15) is 5.70 Å². The summed E-state index contributed by atoms with van der Waals surface area (Å²) in [7, 11) is 0. The Bertz CT molecular complexity index is 864. The lowest BCUT2D eigenvalue weighted by Gasteiger charge is -2.16. The van der Waals surface area contributed by atoms with E-state index >= 15 is 0 Å². The fourth-order valence-electron chi connectivity index (χ4n) is 2.04. The Morgan fingerprint density at radius 1 is 1.29 bits per heavy atom. The van der Waals surface area contributed by atoms with E-state index < -0.39 is 11.8 Å². The topological polar surface area (TPSA) is 88.7 Å². The van der Waals surface area contributed by atoms with E-state index in [0.29, 0.717) is 16.1 Å². The smallest absolute Gasteiger partial charge is 0.267 e. The summed E-state index contributed by atoms with van der Waals surface area (Å²) in [6, 6.07) is 8.36. The number of fused-ring (bicyclic) bond motifs is 1. The highest BCUT2D eigenvalue weighted by molar-refractivity contribution is 9.10. The number of hydrazine groups is 1. The Morgan fingerprint density at radius 2 is 2.10 bits per heavy atom. The number of halogens is 1. The fourth-order valence-corrected chi connectivity index (χ4v) is 2.40. The van der Waals surface area contributed by atoms with Crippen LogP contribution in [0, 0.1) is 0 Å². The monoisotopic (exact) mass is 344 g/mol. The van der Waals surface area contributed by atoms with Crippen molar-refractivity contribution in [3.05, 3.63) is 63.3 Å². The summed E-state index contributed by atoms with van der Waals surface area (Å²) < 4.78 is 0.769. The Labute approximate surface area is 127 Å². The first-order valence-electron chi connectivity index (χ1n) is 6.00. The number of amides is 2. The third kappa shape index (κ3) is 2.37. The van der Waals surface area contributed by atoms with Gasteiger partial charge in [-0.15, -0.1) is 0 Å². The fraction of sp³-hybridized carbons (Fsp3) is 0. The SMILES string of the molecule is NN(C(=O)c1cccnc1)C1=c2cc(Br)ccc2=NC1=O. The van der Waals surface area contributed by atoms with E-state index in [1.165, 1.54) is 6.20 Å². The number of carbonyl (C=O) groups is 2. The van der Waals surface area contributed by atoms with Crippen molar-refractivity contribution in [1.82, 2.24) is 9.99 Å². The van der Waals surface area contributed by atoms with Gasteiger partial charge in [-0.05, 0) is 30.3 Å². The minimum absolute atomic E-state index is 0.0557. The standard InChI is InChI=1S/C14H9BrN4O2/c15-9-3-4-11-10(6-9)12(13(20)18-11)19(16)14(21)8-2-1-5-17-7-8/h1-7H,16H2. The summed E-state index contributed by atoms with van der Waals surface area (Å²) in [6.45, 7) is 0. The Balaban J connectivity index is 2.12. The summed E-state index contributed by atoms with van der Waals surface area (Å²) >= 11 is 3.32. The number of hydrogen-bond donors (Lipinski definition) is 1. The first-order valence-corrected chi connectivity index (χ1v) is 6.79. The molecule has 3 rings (SSSR count). The van der Waals surface area contributed by atoms with Gasteiger partial charge in [-0.25, -0.2) is 15.8 Å². The van der Waals surface area contributed by atoms with Crippen molar-refractivity contribution in [3.8, 4) is 0 Å². The van der Waals surface area contributed by atoms with Crippen molar-refractivity contribution in [2.45, 2.75) is 0 Å². The van der Waals surface area contributed by atoms with Crippen molar-refractivity contribution in [2.75, 3.05) is 0 Å². The van der Waals surface area contributed by atoms with E-state index in [2.05, 4.69) is 25.9 Å². The highest BCUT2D eigenvalue weighted by Gasteiger charge is 2.26. The molecular formula is C14H9BrN4O2. The molecule has 21 heavy (non-hydrogen) atoms. The maximum Gasteiger partial charge on any atom is 0.296 e. The predicted octanol–water partition coefficient (Wildman–Crippen LogP) is 0.128. The second-order valence-corrected chi connectivity index (χ2v) is 5.26. The van der Waals surface area contributed by atoms with Crippen LogP contribution >= 0.6 is 15.9 Å². The van der Waals surface area contributed by atoms with Crippen molar-refractivity contribution in [3.63, 3.8) is 0 Å². The molecule has 0 bridgehead atoms. The predicted molar refractivity (Wildman–Crippen MR) is 77.9 cm³/mol. The van der Waals surface area contributed by atoms with Gasteiger partial charge in [-0.3, -0.25) is 14.6 Å². The van der Waals surface area contributed by atoms with Crippen LogP contribution < -0.4 is 16.4 Å². The van der Waals surface area contributed by atoms with Crippen LogP contribution in [0.3, 0.4) is 0 Å². The van der Waals surface area contributed by atoms with Crippen LogP contribution in [0.2, 0.25) is 0 Å². The van der Waals surface area contributed by atoms with Crippen LogP contribution in [-0.2, 0) is 4.79 Å². The normalized spacial score (nSPS) is 12.9. The Kier molecular flexibility index (Phi) is 3.36. The minimum Gasteiger partial charge on any atom is -0.267 e. The molecular weight excluding hydrogens is 336 g/mol. The molecule has 0 saturated heterocycles. The van der Waals surface area contributed by atoms with Gasteiger partial charge < -0.3 is 0 Å². The third-order valence-electron chi connectivity index (χ3n) is 3.01. The van der Waals surface area contributed by atoms with Crippen LogP contribution in [0.4, 0.5) is 0 Å². The Hall–Kier alpha value is -2.38. The van der Waals surface area contributed by atoms with Gasteiger partial charge in [0.05, 0.1) is 10.9 Å². The van der Waals surface area contributed by atoms with Crippen LogP contribution in [0.15, 0.2) is 52.2 Å². The summed E-state index contributed by atoms with van der Waals surface area (Å²) in [6.07, 6.45) is 2.94. The number of hydrogen-bond acceptors (Lipinski definition) is 4. The average molecular weight is 345 g/mol. The molecule has 2 N–H and O–H groups in total. The zero-order valence-electron chi connectivity index (χ0n) is 10.7. The molecule has 6 nitrogen and oxygen atoms in total. The quantitative estimate of drug-likeness (QED) is 0.476. The van der Waals surface area contributed by atoms with E-state index in [1.807, 2.05) is 0 Å². The maximum atomic E-state index is 12.3. The van der Waals surface area contributed by atoms with Crippen LogP contribution in [-0.4, -0.2) is 21.8 Å². The minimum atomic E-state index is -0.539. The van der Waals surface area contributed by atoms with E-state index in [9.17, 15) is 9.59 Å². The van der Waals surface area contributed by atoms with E-state index in [4.69, 9.17) is 5.84 Å². The van der Waals surface area contributed by atoms with Gasteiger partial charge in [0.2, 0.25) is 0 Å². The van der Waals surface area contributed by atoms with Crippen molar-refractivity contribution in [2.24, 2.45) is 10.8 Å². The first-order chi connectivity index (χ1) is 10.1. The van der Waals surface area contributed by atoms with Gasteiger partial charge >= 0.3 is 0 Å². The molecule has 2 aromatic rings. The number of rotatable bonds is 2. The van der Waals surface area contributed by atoms with Crippen molar-refractivity contribution >= 4 is 33.4 Å². The second kappa shape index (κ2) is 5.19. The molecule has 104 valence electrons. The largest absolute Gasteiger partial charge is 0.296 e. The molecule has 2 heterocycles. The molecule has 0 saturated carbocycles. The van der Waals surface area contributed by atoms with E-state index in [-0.39, 0.29) is 5.70 Å². The molecule has 0 radical (unpaired) electrons. The van der Waals surface area contributed by atoms with Crippen molar-refractivity contribution in [1.29, 1.82) is 0 Å². The lowest BCUT2D eigenvalue weighted by molar-refractivity contribution is -0.113. The summed E-state index contributed by atoms with van der Waals surface area (Å²) in [4.78, 5) is 32.1. The number of carbonyl (C=O) groups excluding carboxylic acids is 2. The van der Waals surface area contributed by atoms with E-state index in [1.54, 1.807) is 36.5 Å². The summed E-state index contributed by atoms with van der Waals surface area (Å²) in [5.41, 5.74) is 0.351. The maximum absolute atomic E-state index is 12.3. The van der Waals surface area contributed by atoms with Crippen LogP contribution in [0.1, 0.15) is 10.4 Å². The molecule has 1 aliphatic rings. The average Bonchev–Trinajstić information content (AvgIpc) is 2.82. The molecule has 0 unspecified atom stereocenters. The Morgan fingerprint density at radius 3 is 2.81 bits per heavy atom. The summed E-state index contributed by atoms with van der Waals surface area (Å²) in [5.74, 6) is 4.77. The molecule has 7 heteroatoms. The van der Waals surface area contributed by atoms with Gasteiger partial charge in [0.25, 0.3) is 11.8 Å². The molecule has 0 atom stereocenters. The van der Waals surface area contributed by atoms with Crippen LogP contribution in [0.5, 0.6) is 0 Å². The molecule has 1 aliphatic heterocycles. The molecule has 1 aromatic heterocycles.